The van der Waals surface area contributed by atoms with E-state index in [2.05, 4.69) is 9.78 Å². The summed E-state index contributed by atoms with van der Waals surface area (Å²) in [4.78, 5) is 7.11. The van der Waals surface area contributed by atoms with Gasteiger partial charge in [0.1, 0.15) is 85.8 Å². The van der Waals surface area contributed by atoms with E-state index in [1.165, 1.54) is 13.8 Å². The molecule has 0 radical (unpaired) electrons. The van der Waals surface area contributed by atoms with Gasteiger partial charge in [-0.15, -0.1) is 0 Å². The first-order chi connectivity index (χ1) is 32.4. The molecule has 0 bridgehead atoms. The molecule has 20 heteroatoms. The maximum atomic E-state index is 10.3. The third-order valence-electron chi connectivity index (χ3n) is 10.5. The maximum absolute atomic E-state index is 10.3. The van der Waals surface area contributed by atoms with Gasteiger partial charge >= 0.3 is 0 Å². The van der Waals surface area contributed by atoms with Crippen LogP contribution in [0.5, 0.6) is 11.5 Å². The number of aliphatic hydroxyl groups excluding tert-OH is 10. The van der Waals surface area contributed by atoms with Gasteiger partial charge in [-0.3, -0.25) is 10.5 Å². The fourth-order valence-corrected chi connectivity index (χ4v) is 7.33. The number of halogens is 2. The van der Waals surface area contributed by atoms with Gasteiger partial charge in [-0.05, 0) is 110 Å². The monoisotopic (exact) mass is 1000 g/mol. The second-order valence-corrected chi connectivity index (χ2v) is 16.8. The number of hydrogen-bond donors (Lipinski definition) is 12. The van der Waals surface area contributed by atoms with Crippen LogP contribution < -0.4 is 9.47 Å². The summed E-state index contributed by atoms with van der Waals surface area (Å²) in [7, 11) is 0. The van der Waals surface area contributed by atoms with Gasteiger partial charge in [0.25, 0.3) is 0 Å². The molecule has 2 heterocycles. The van der Waals surface area contributed by atoms with Crippen molar-refractivity contribution in [1.29, 1.82) is 0 Å². The minimum Gasteiger partial charge on any atom is -0.494 e. The van der Waals surface area contributed by atoms with E-state index in [4.69, 9.17) is 62.9 Å². The summed E-state index contributed by atoms with van der Waals surface area (Å²) in [5.41, 5.74) is 4.97. The van der Waals surface area contributed by atoms with Gasteiger partial charge in [-0.1, -0.05) is 71.7 Å². The minimum atomic E-state index is -1.42. The van der Waals surface area contributed by atoms with Crippen LogP contribution in [-0.2, 0) is 32.1 Å². The van der Waals surface area contributed by atoms with E-state index in [0.29, 0.717) is 47.2 Å². The molecule has 0 aromatic heterocycles. The molecule has 2 saturated heterocycles. The van der Waals surface area contributed by atoms with Crippen LogP contribution >= 0.6 is 23.2 Å². The van der Waals surface area contributed by atoms with E-state index in [1.807, 2.05) is 74.5 Å². The molecule has 2 fully saturated rings. The van der Waals surface area contributed by atoms with Crippen LogP contribution in [0.4, 0.5) is 0 Å². The standard InChI is InChI=1S/2C21H25ClO6.2C3H8O3/c2*1-2-27-15-6-3-12(4-7-15)9-14-10-13(5-8-16(14)22)21-20(26)19(25)18(24)17(11-23)28-21;2*1-3(4)2-6-5/h2*3-8,10,17-21,23-26H,2,9,11H2,1H3;2*3-5H,2H2,1H3/t2*17-,18-,19+,20-,21+;2*3-/m1110/s1. The number of ether oxygens (including phenoxy) is 4. The minimum absolute atomic E-state index is 0.0139. The van der Waals surface area contributed by atoms with E-state index in [-0.39, 0.29) is 13.2 Å². The highest BCUT2D eigenvalue weighted by Crippen LogP contribution is 2.36. The highest BCUT2D eigenvalue weighted by atomic mass is 35.5. The molecule has 18 nitrogen and oxygen atoms in total. The summed E-state index contributed by atoms with van der Waals surface area (Å²) in [5, 5.41) is 112. The van der Waals surface area contributed by atoms with Crippen LogP contribution in [0.25, 0.3) is 0 Å². The predicted molar refractivity (Wildman–Crippen MR) is 250 cm³/mol. The molecule has 2 aliphatic heterocycles. The quantitative estimate of drug-likeness (QED) is 0.0566. The van der Waals surface area contributed by atoms with Crippen molar-refractivity contribution in [2.24, 2.45) is 0 Å². The fraction of sp³-hybridized carbons (Fsp3) is 0.500. The SMILES string of the molecule is CCOc1ccc(Cc2cc([C@@H]3O[C@H](CO)[C@@H](O)[C@H](O)[C@H]3O)ccc2Cl)cc1.CCOc1ccc(Cc2cc([C@@H]3O[C@H](CO)[C@@H](O)[C@H](O)[C@H]3O)ccc2Cl)cc1.C[C@@H](O)COO.C[C@H](O)COO. The Balaban J connectivity index is 0.000000291. The summed E-state index contributed by atoms with van der Waals surface area (Å²) in [6.07, 6.45) is -11.9. The zero-order valence-electron chi connectivity index (χ0n) is 38.2. The van der Waals surface area contributed by atoms with Crippen molar-refractivity contribution < 1.29 is 90.3 Å². The van der Waals surface area contributed by atoms with E-state index >= 15 is 0 Å². The van der Waals surface area contributed by atoms with E-state index in [9.17, 15) is 40.9 Å². The number of benzene rings is 4. The van der Waals surface area contributed by atoms with Crippen molar-refractivity contribution in [3.05, 3.63) is 128 Å². The van der Waals surface area contributed by atoms with Crippen LogP contribution in [-0.4, -0.2) is 162 Å². The number of rotatable bonds is 16. The Hall–Kier alpha value is -3.58. The second-order valence-electron chi connectivity index (χ2n) is 16.0. The first-order valence-electron chi connectivity index (χ1n) is 21.9. The zero-order chi connectivity index (χ0) is 50.5. The van der Waals surface area contributed by atoms with Crippen LogP contribution in [0, 0.1) is 0 Å². The summed E-state index contributed by atoms with van der Waals surface area (Å²) in [6, 6.07) is 25.9. The Bertz CT molecular complexity index is 1860. The first-order valence-corrected chi connectivity index (χ1v) is 22.7. The van der Waals surface area contributed by atoms with Crippen LogP contribution in [0.2, 0.25) is 10.0 Å². The molecule has 0 aliphatic carbocycles. The van der Waals surface area contributed by atoms with Gasteiger partial charge in [0.05, 0.1) is 38.6 Å². The summed E-state index contributed by atoms with van der Waals surface area (Å²) >= 11 is 12.7. The van der Waals surface area contributed by atoms with Gasteiger partial charge in [0.15, 0.2) is 0 Å². The summed E-state index contributed by atoms with van der Waals surface area (Å²) in [5.74, 6) is 1.60. The van der Waals surface area contributed by atoms with Crippen molar-refractivity contribution in [2.45, 2.75) is 114 Å². The molecule has 4 aromatic rings. The zero-order valence-corrected chi connectivity index (χ0v) is 39.8. The molecule has 12 N–H and O–H groups in total. The Morgan fingerprint density at radius 3 is 1.12 bits per heavy atom. The van der Waals surface area contributed by atoms with Gasteiger partial charge in [0, 0.05) is 10.0 Å². The highest BCUT2D eigenvalue weighted by Gasteiger charge is 2.45. The van der Waals surface area contributed by atoms with Crippen LogP contribution in [0.3, 0.4) is 0 Å². The molecule has 68 heavy (non-hydrogen) atoms. The highest BCUT2D eigenvalue weighted by molar-refractivity contribution is 6.31. The Kier molecular flexibility index (Phi) is 26.1. The number of hydrogen-bond acceptors (Lipinski definition) is 18. The molecule has 0 amide bonds. The third kappa shape index (κ3) is 18.0. The normalized spacial score (nSPS) is 25.3. The number of aliphatic hydroxyl groups is 10. The van der Waals surface area contributed by atoms with Gasteiger partial charge < -0.3 is 70.0 Å². The molecule has 0 spiro atoms. The summed E-state index contributed by atoms with van der Waals surface area (Å²) in [6.45, 7) is 7.16. The molecule has 12 atom stereocenters. The topological polar surface area (TPSA) is 298 Å². The van der Waals surface area contributed by atoms with E-state index in [0.717, 1.165) is 33.8 Å². The largest absolute Gasteiger partial charge is 0.494 e. The second kappa shape index (κ2) is 30.2. The maximum Gasteiger partial charge on any atom is 0.119 e. The lowest BCUT2D eigenvalue weighted by atomic mass is 9.90. The lowest BCUT2D eigenvalue weighted by Gasteiger charge is -2.40. The van der Waals surface area contributed by atoms with E-state index in [1.54, 1.807) is 24.3 Å². The van der Waals surface area contributed by atoms with Crippen LogP contribution in [0.1, 0.15) is 73.3 Å². The summed E-state index contributed by atoms with van der Waals surface area (Å²) < 4.78 is 22.2. The molecule has 4 aromatic carbocycles. The van der Waals surface area contributed by atoms with Gasteiger partial charge in [-0.25, -0.2) is 9.78 Å². The lowest BCUT2D eigenvalue weighted by molar-refractivity contribution is -0.255. The fourth-order valence-electron chi connectivity index (χ4n) is 6.96. The molecule has 0 unspecified atom stereocenters. The lowest BCUT2D eigenvalue weighted by Crippen LogP contribution is -2.55. The van der Waals surface area contributed by atoms with E-state index < -0.39 is 86.5 Å². The smallest absolute Gasteiger partial charge is 0.119 e. The van der Waals surface area contributed by atoms with Crippen molar-refractivity contribution >= 4 is 23.2 Å². The molecular weight excluding hydrogens is 935 g/mol. The van der Waals surface area contributed by atoms with Crippen molar-refractivity contribution in [3.8, 4) is 11.5 Å². The first kappa shape index (κ1) is 58.7. The average Bonchev–Trinajstić information content (AvgIpc) is 3.31. The Morgan fingerprint density at radius 1 is 0.515 bits per heavy atom. The molecule has 380 valence electrons. The van der Waals surface area contributed by atoms with Crippen LogP contribution in [0.15, 0.2) is 84.9 Å². The van der Waals surface area contributed by atoms with Crippen molar-refractivity contribution in [3.63, 3.8) is 0 Å². The average molecular weight is 1000 g/mol. The Labute approximate surface area is 405 Å². The van der Waals surface area contributed by atoms with Gasteiger partial charge in [-0.2, -0.15) is 0 Å². The molecule has 6 rings (SSSR count). The predicted octanol–water partition coefficient (Wildman–Crippen LogP) is 3.40. The van der Waals surface area contributed by atoms with Crippen molar-refractivity contribution in [2.75, 3.05) is 39.6 Å². The Morgan fingerprint density at radius 2 is 0.853 bits per heavy atom. The molecule has 2 aliphatic rings. The molecular formula is C48H66Cl2O18. The van der Waals surface area contributed by atoms with Crippen molar-refractivity contribution in [1.82, 2.24) is 0 Å². The third-order valence-corrected chi connectivity index (χ3v) is 11.2. The molecule has 0 saturated carbocycles. The van der Waals surface area contributed by atoms with Gasteiger partial charge in [0.2, 0.25) is 0 Å².